The van der Waals surface area contributed by atoms with Crippen LogP contribution >= 0.6 is 11.8 Å². The summed E-state index contributed by atoms with van der Waals surface area (Å²) in [6.07, 6.45) is 1.54. The number of hydrogen-bond donors (Lipinski definition) is 0. The molecule has 3 aromatic carbocycles. The molecule has 1 heterocycles. The first-order valence-corrected chi connectivity index (χ1v) is 13.6. The van der Waals surface area contributed by atoms with Gasteiger partial charge in [-0.2, -0.15) is 8.42 Å². The van der Waals surface area contributed by atoms with Crippen LogP contribution in [-0.4, -0.2) is 51.8 Å². The predicted molar refractivity (Wildman–Crippen MR) is 143 cm³/mol. The molecule has 11 heteroatoms. The van der Waals surface area contributed by atoms with Crippen molar-refractivity contribution >= 4 is 39.1 Å². The molecular weight excluding hydrogens is 530 g/mol. The highest BCUT2D eigenvalue weighted by atomic mass is 32.2. The largest absolute Gasteiger partial charge is 0.497 e. The van der Waals surface area contributed by atoms with Crippen molar-refractivity contribution in [1.29, 1.82) is 0 Å². The number of carbonyl (C=O) groups excluding carboxylic acids is 2. The van der Waals surface area contributed by atoms with E-state index in [1.54, 1.807) is 6.07 Å². The van der Waals surface area contributed by atoms with Gasteiger partial charge in [-0.15, -0.1) is 0 Å². The van der Waals surface area contributed by atoms with E-state index in [2.05, 4.69) is 0 Å². The van der Waals surface area contributed by atoms with Gasteiger partial charge >= 0.3 is 10.1 Å². The molecule has 0 aromatic heterocycles. The average molecular weight is 556 g/mol. The number of hydrogen-bond acceptors (Lipinski definition) is 9. The molecule has 0 atom stereocenters. The van der Waals surface area contributed by atoms with Crippen molar-refractivity contribution in [2.75, 3.05) is 27.4 Å². The number of aryl methyl sites for hydroxylation is 1. The number of rotatable bonds is 10. The van der Waals surface area contributed by atoms with Gasteiger partial charge in [0, 0.05) is 0 Å². The summed E-state index contributed by atoms with van der Waals surface area (Å²) in [5.74, 6) is 0.841. The predicted octanol–water partition coefficient (Wildman–Crippen LogP) is 4.90. The molecule has 0 spiro atoms. The summed E-state index contributed by atoms with van der Waals surface area (Å²) < 4.78 is 46.7. The van der Waals surface area contributed by atoms with Crippen LogP contribution in [0.2, 0.25) is 0 Å². The van der Waals surface area contributed by atoms with E-state index in [1.807, 2.05) is 31.2 Å². The number of amides is 2. The zero-order valence-corrected chi connectivity index (χ0v) is 22.5. The fourth-order valence-corrected chi connectivity index (χ4v) is 5.29. The molecule has 1 fully saturated rings. The summed E-state index contributed by atoms with van der Waals surface area (Å²) in [4.78, 5) is 26.6. The maximum Gasteiger partial charge on any atom is 0.339 e. The van der Waals surface area contributed by atoms with E-state index < -0.39 is 21.3 Å². The van der Waals surface area contributed by atoms with Crippen LogP contribution in [0.5, 0.6) is 23.0 Å². The van der Waals surface area contributed by atoms with Crippen LogP contribution in [0.25, 0.3) is 6.08 Å². The molecule has 4 rings (SSSR count). The monoisotopic (exact) mass is 555 g/mol. The number of imide groups is 1. The Morgan fingerprint density at radius 1 is 0.868 bits per heavy atom. The third-order valence-corrected chi connectivity index (χ3v) is 7.67. The van der Waals surface area contributed by atoms with E-state index in [0.29, 0.717) is 17.1 Å². The Hall–Kier alpha value is -3.96. The lowest BCUT2D eigenvalue weighted by Crippen LogP contribution is -2.32. The smallest absolute Gasteiger partial charge is 0.339 e. The van der Waals surface area contributed by atoms with E-state index in [4.69, 9.17) is 18.4 Å². The van der Waals surface area contributed by atoms with Gasteiger partial charge in [0.1, 0.15) is 23.0 Å². The van der Waals surface area contributed by atoms with Crippen LogP contribution in [0.4, 0.5) is 4.79 Å². The maximum absolute atomic E-state index is 12.8. The molecule has 0 aliphatic carbocycles. The molecular formula is C27H25NO8S2. The summed E-state index contributed by atoms with van der Waals surface area (Å²) in [5.41, 5.74) is 1.63. The van der Waals surface area contributed by atoms with Crippen molar-refractivity contribution in [2.24, 2.45) is 0 Å². The van der Waals surface area contributed by atoms with Gasteiger partial charge in [0.25, 0.3) is 11.1 Å². The Morgan fingerprint density at radius 2 is 1.55 bits per heavy atom. The van der Waals surface area contributed by atoms with Crippen molar-refractivity contribution in [3.8, 4) is 23.0 Å². The molecule has 0 saturated carbocycles. The number of carbonyl (C=O) groups is 2. The van der Waals surface area contributed by atoms with Crippen LogP contribution in [0, 0.1) is 6.92 Å². The minimum Gasteiger partial charge on any atom is -0.497 e. The summed E-state index contributed by atoms with van der Waals surface area (Å²) in [6.45, 7) is 2.24. The normalized spacial score (nSPS) is 14.6. The van der Waals surface area contributed by atoms with E-state index in [0.717, 1.165) is 22.2 Å². The number of thioether (sulfide) groups is 1. The number of ether oxygens (including phenoxy) is 3. The Kier molecular flexibility index (Phi) is 8.28. The van der Waals surface area contributed by atoms with Crippen molar-refractivity contribution in [3.05, 3.63) is 82.8 Å². The van der Waals surface area contributed by atoms with Crippen LogP contribution in [0.3, 0.4) is 0 Å². The summed E-state index contributed by atoms with van der Waals surface area (Å²) in [5, 5.41) is -0.397. The van der Waals surface area contributed by atoms with Crippen molar-refractivity contribution in [1.82, 2.24) is 4.90 Å². The molecule has 3 aromatic rings. The summed E-state index contributed by atoms with van der Waals surface area (Å²) >= 11 is 0.818. The van der Waals surface area contributed by atoms with Crippen LogP contribution in [-0.2, 0) is 14.9 Å². The topological polar surface area (TPSA) is 108 Å². The first-order chi connectivity index (χ1) is 18.2. The minimum absolute atomic E-state index is 0.0261. The zero-order chi connectivity index (χ0) is 27.3. The lowest BCUT2D eigenvalue weighted by Gasteiger charge is -2.13. The number of methoxy groups -OCH3 is 2. The lowest BCUT2D eigenvalue weighted by atomic mass is 10.2. The molecule has 0 unspecified atom stereocenters. The Labute approximate surface area is 225 Å². The molecule has 38 heavy (non-hydrogen) atoms. The first-order valence-electron chi connectivity index (χ1n) is 11.4. The standard InChI is InChI=1S/C27H25NO8S2/c1-18-4-7-21(8-5-18)35-15-14-28-26(29)25(37-27(28)30)17-19-6-13-23(24(16-19)34-3)36-38(31,32)22-11-9-20(33-2)10-12-22/h4-13,16-17H,14-15H2,1-3H3/b25-17-. The average Bonchev–Trinajstić information content (AvgIpc) is 3.17. The van der Waals surface area contributed by atoms with Crippen molar-refractivity contribution in [3.63, 3.8) is 0 Å². The van der Waals surface area contributed by atoms with Gasteiger partial charge in [-0.1, -0.05) is 23.8 Å². The molecule has 9 nitrogen and oxygen atoms in total. The lowest BCUT2D eigenvalue weighted by molar-refractivity contribution is -0.123. The molecule has 1 aliphatic heterocycles. The molecule has 1 saturated heterocycles. The minimum atomic E-state index is -4.13. The van der Waals surface area contributed by atoms with Gasteiger partial charge in [0.2, 0.25) is 0 Å². The van der Waals surface area contributed by atoms with Gasteiger partial charge in [-0.05, 0) is 78.9 Å². The number of nitrogens with zero attached hydrogens (tertiary/aromatic N) is 1. The van der Waals surface area contributed by atoms with Crippen LogP contribution < -0.4 is 18.4 Å². The molecule has 0 bridgehead atoms. The highest BCUT2D eigenvalue weighted by Crippen LogP contribution is 2.35. The third kappa shape index (κ3) is 6.29. The summed E-state index contributed by atoms with van der Waals surface area (Å²) in [6, 6.07) is 17.8. The molecule has 198 valence electrons. The van der Waals surface area contributed by atoms with E-state index >= 15 is 0 Å². The molecule has 0 radical (unpaired) electrons. The molecule has 2 amide bonds. The van der Waals surface area contributed by atoms with Crippen LogP contribution in [0.1, 0.15) is 11.1 Å². The SMILES string of the molecule is COc1ccc(S(=O)(=O)Oc2ccc(/C=C3\SC(=O)N(CCOc4ccc(C)cc4)C3=O)cc2OC)cc1. The second-order valence-electron chi connectivity index (χ2n) is 8.12. The van der Waals surface area contributed by atoms with Gasteiger partial charge in [-0.25, -0.2) is 0 Å². The maximum atomic E-state index is 12.8. The highest BCUT2D eigenvalue weighted by Gasteiger charge is 2.35. The van der Waals surface area contributed by atoms with Crippen molar-refractivity contribution < 1.29 is 36.4 Å². The second kappa shape index (κ2) is 11.6. The van der Waals surface area contributed by atoms with Gasteiger partial charge in [0.15, 0.2) is 11.5 Å². The zero-order valence-electron chi connectivity index (χ0n) is 20.9. The van der Waals surface area contributed by atoms with Gasteiger partial charge in [-0.3, -0.25) is 14.5 Å². The molecule has 1 aliphatic rings. The van der Waals surface area contributed by atoms with Crippen molar-refractivity contribution in [2.45, 2.75) is 11.8 Å². The Balaban J connectivity index is 1.44. The van der Waals surface area contributed by atoms with E-state index in [9.17, 15) is 18.0 Å². The Morgan fingerprint density at radius 3 is 2.21 bits per heavy atom. The number of benzene rings is 3. The second-order valence-corrected chi connectivity index (χ2v) is 10.7. The van der Waals surface area contributed by atoms with E-state index in [1.165, 1.54) is 56.7 Å². The van der Waals surface area contributed by atoms with Gasteiger partial charge in [0.05, 0.1) is 25.7 Å². The first kappa shape index (κ1) is 27.1. The fourth-order valence-electron chi connectivity index (χ4n) is 3.48. The fraction of sp³-hybridized carbons (Fsp3) is 0.185. The van der Waals surface area contributed by atoms with Crippen LogP contribution in [0.15, 0.2) is 76.5 Å². The highest BCUT2D eigenvalue weighted by molar-refractivity contribution is 8.18. The van der Waals surface area contributed by atoms with Gasteiger partial charge < -0.3 is 18.4 Å². The molecule has 0 N–H and O–H groups in total. The quantitative estimate of drug-likeness (QED) is 0.255. The van der Waals surface area contributed by atoms with E-state index in [-0.39, 0.29) is 34.5 Å². The third-order valence-electron chi connectivity index (χ3n) is 5.51. The Bertz CT molecular complexity index is 1470. The summed E-state index contributed by atoms with van der Waals surface area (Å²) in [7, 11) is -1.28.